The van der Waals surface area contributed by atoms with E-state index in [1.54, 1.807) is 0 Å². The van der Waals surface area contributed by atoms with Gasteiger partial charge in [0.15, 0.2) is 16.6 Å². The third kappa shape index (κ3) is 8.01. The second kappa shape index (κ2) is 13.0. The lowest BCUT2D eigenvalue weighted by Crippen LogP contribution is -2.69. The molecule has 4 nitrogen and oxygen atoms in total. The molecule has 0 aliphatic rings. The van der Waals surface area contributed by atoms with Crippen LogP contribution in [0.5, 0.6) is 0 Å². The van der Waals surface area contributed by atoms with Crippen molar-refractivity contribution in [2.45, 2.75) is 159 Å². The van der Waals surface area contributed by atoms with Crippen molar-refractivity contribution in [2.75, 3.05) is 12.8 Å². The second-order valence-corrected chi connectivity index (χ2v) is 34.8. The van der Waals surface area contributed by atoms with Crippen LogP contribution >= 0.6 is 22.6 Å². The Hall–Kier alpha value is 1.44. The van der Waals surface area contributed by atoms with Gasteiger partial charge in [-0.25, -0.2) is 0 Å². The van der Waals surface area contributed by atoms with Crippen molar-refractivity contribution in [3.8, 4) is 0 Å². The number of ether oxygens (including phenoxy) is 1. The Morgan fingerprint density at radius 1 is 0.639 bits per heavy atom. The highest BCUT2D eigenvalue weighted by Gasteiger charge is 2.63. The molecule has 0 radical (unpaired) electrons. The molecule has 5 unspecified atom stereocenters. The largest absolute Gasteiger partial charge is 0.414 e. The van der Waals surface area contributed by atoms with Crippen LogP contribution < -0.4 is 0 Å². The first-order chi connectivity index (χ1) is 15.9. The molecule has 0 aromatic heterocycles. The van der Waals surface area contributed by atoms with Crippen molar-refractivity contribution in [1.29, 1.82) is 0 Å². The van der Waals surface area contributed by atoms with Crippen LogP contribution in [0.3, 0.4) is 0 Å². The summed E-state index contributed by atoms with van der Waals surface area (Å²) in [6.07, 6.45) is 4.57. The van der Waals surface area contributed by atoms with Crippen LogP contribution in [-0.4, -0.2) is 59.9 Å². The molecule has 0 bridgehead atoms. The van der Waals surface area contributed by atoms with Crippen LogP contribution in [0.25, 0.3) is 0 Å². The van der Waals surface area contributed by atoms with E-state index in [0.29, 0.717) is 12.8 Å². The van der Waals surface area contributed by atoms with E-state index in [9.17, 15) is 0 Å². The summed E-state index contributed by atoms with van der Waals surface area (Å²) in [5, 5.41) is -0.146. The quantitative estimate of drug-likeness (QED) is 0.0866. The molecule has 0 aliphatic carbocycles. The molecule has 0 rings (SSSR count). The van der Waals surface area contributed by atoms with Gasteiger partial charge >= 0.3 is 0 Å². The standard InChI is InChI=1S/C27H63IO4Si4/c1-18-24(6,25(7,19-2)35(15,16)31-26(8,20-3)33(9,10)11)30-36(17,23-29-22-5)27(28,21-4)32-34(12,13)14/h18-23H2,1-17H3. The van der Waals surface area contributed by atoms with Crippen LogP contribution in [0.15, 0.2) is 0 Å². The van der Waals surface area contributed by atoms with Crippen molar-refractivity contribution in [2.24, 2.45) is 0 Å². The second-order valence-electron chi connectivity index (χ2n) is 14.0. The summed E-state index contributed by atoms with van der Waals surface area (Å²) in [6.45, 7) is 40.6. The minimum Gasteiger partial charge on any atom is -0.414 e. The van der Waals surface area contributed by atoms with E-state index in [1.165, 1.54) is 0 Å². The molecule has 9 heteroatoms. The molecular formula is C27H63IO4Si4. The van der Waals surface area contributed by atoms with E-state index in [0.717, 1.165) is 25.7 Å². The molecule has 0 saturated heterocycles. The molecular weight excluding hydrogens is 628 g/mol. The third-order valence-corrected chi connectivity index (χ3v) is 27.4. The molecule has 0 saturated carbocycles. The lowest BCUT2D eigenvalue weighted by Gasteiger charge is -2.60. The fraction of sp³-hybridized carbons (Fsp3) is 1.00. The van der Waals surface area contributed by atoms with Gasteiger partial charge < -0.3 is 18.0 Å². The minimum absolute atomic E-state index is 0.0583. The molecule has 0 aromatic carbocycles. The van der Waals surface area contributed by atoms with Gasteiger partial charge in [0, 0.05) is 16.9 Å². The minimum atomic E-state index is -2.55. The smallest absolute Gasteiger partial charge is 0.257 e. The number of rotatable bonds is 17. The van der Waals surface area contributed by atoms with Gasteiger partial charge in [0.05, 0.1) is 19.9 Å². The Morgan fingerprint density at radius 2 is 1.14 bits per heavy atom. The fourth-order valence-electron chi connectivity index (χ4n) is 5.49. The predicted octanol–water partition coefficient (Wildman–Crippen LogP) is 9.69. The van der Waals surface area contributed by atoms with Gasteiger partial charge in [0.1, 0.15) is 3.23 Å². The topological polar surface area (TPSA) is 36.9 Å². The highest BCUT2D eigenvalue weighted by Crippen LogP contribution is 2.57. The van der Waals surface area contributed by atoms with Crippen LogP contribution in [-0.2, 0) is 18.0 Å². The molecule has 0 aromatic rings. The lowest BCUT2D eigenvalue weighted by molar-refractivity contribution is -0.0117. The first kappa shape index (κ1) is 37.4. The SMILES string of the molecule is CCOC[Si](C)(OC(C)(CC)C(C)(CC)[Si](C)(C)OC(C)(CC)[Si](C)(C)C)C(I)(CC)O[Si](C)(C)C. The van der Waals surface area contributed by atoms with Crippen molar-refractivity contribution in [1.82, 2.24) is 0 Å². The fourth-order valence-corrected chi connectivity index (χ4v) is 21.3. The zero-order valence-electron chi connectivity index (χ0n) is 27.3. The Morgan fingerprint density at radius 3 is 1.44 bits per heavy atom. The van der Waals surface area contributed by atoms with Crippen LogP contribution in [0.1, 0.15) is 81.1 Å². The molecule has 0 N–H and O–H groups in total. The molecule has 0 spiro atoms. The molecule has 5 atom stereocenters. The molecule has 0 aliphatic heterocycles. The summed E-state index contributed by atoms with van der Waals surface area (Å²) in [4.78, 5) is 0. The van der Waals surface area contributed by atoms with Gasteiger partial charge in [0.2, 0.25) is 0 Å². The maximum absolute atomic E-state index is 7.62. The van der Waals surface area contributed by atoms with E-state index >= 15 is 0 Å². The number of halogens is 1. The molecule has 0 fully saturated rings. The average molecular weight is 691 g/mol. The molecule has 0 amide bonds. The van der Waals surface area contributed by atoms with Crippen molar-refractivity contribution >= 4 is 55.6 Å². The summed E-state index contributed by atoms with van der Waals surface area (Å²) in [5.74, 6) is 0. The highest BCUT2D eigenvalue weighted by molar-refractivity contribution is 14.1. The summed E-state index contributed by atoms with van der Waals surface area (Å²) in [6, 6.07) is 0. The van der Waals surface area contributed by atoms with Gasteiger partial charge in [-0.05, 0) is 108 Å². The van der Waals surface area contributed by atoms with Crippen LogP contribution in [0.2, 0.25) is 64.0 Å². The highest BCUT2D eigenvalue weighted by atomic mass is 127. The van der Waals surface area contributed by atoms with E-state index in [4.69, 9.17) is 18.0 Å². The predicted molar refractivity (Wildman–Crippen MR) is 179 cm³/mol. The van der Waals surface area contributed by atoms with Crippen molar-refractivity contribution in [3.05, 3.63) is 0 Å². The molecule has 218 valence electrons. The van der Waals surface area contributed by atoms with Gasteiger partial charge in [-0.1, -0.05) is 54.3 Å². The average Bonchev–Trinajstić information content (AvgIpc) is 2.74. The van der Waals surface area contributed by atoms with Gasteiger partial charge in [-0.15, -0.1) is 0 Å². The van der Waals surface area contributed by atoms with Gasteiger partial charge in [-0.3, -0.25) is 0 Å². The first-order valence-corrected chi connectivity index (χ1v) is 27.8. The Bertz CT molecular complexity index is 698. The summed E-state index contributed by atoms with van der Waals surface area (Å²) in [7, 11) is -8.20. The number of alkyl halides is 1. The zero-order chi connectivity index (χ0) is 29.1. The van der Waals surface area contributed by atoms with E-state index in [2.05, 4.69) is 137 Å². The summed E-state index contributed by atoms with van der Waals surface area (Å²) < 4.78 is 27.8. The summed E-state index contributed by atoms with van der Waals surface area (Å²) >= 11 is 2.59. The van der Waals surface area contributed by atoms with E-state index in [-0.39, 0.29) is 19.1 Å². The maximum Gasteiger partial charge on any atom is 0.257 e. The lowest BCUT2D eigenvalue weighted by atomic mass is 9.85. The number of hydrogen-bond acceptors (Lipinski definition) is 4. The van der Waals surface area contributed by atoms with E-state index < -0.39 is 33.0 Å². The monoisotopic (exact) mass is 690 g/mol. The third-order valence-electron chi connectivity index (χ3n) is 9.36. The van der Waals surface area contributed by atoms with Crippen LogP contribution in [0, 0.1) is 0 Å². The molecule has 36 heavy (non-hydrogen) atoms. The van der Waals surface area contributed by atoms with Gasteiger partial charge in [-0.2, -0.15) is 0 Å². The Balaban J connectivity index is 6.85. The number of hydrogen-bond donors (Lipinski definition) is 0. The van der Waals surface area contributed by atoms with Gasteiger partial charge in [0.25, 0.3) is 8.32 Å². The van der Waals surface area contributed by atoms with Crippen LogP contribution in [0.4, 0.5) is 0 Å². The Labute approximate surface area is 244 Å². The van der Waals surface area contributed by atoms with Crippen molar-refractivity contribution in [3.63, 3.8) is 0 Å². The Kier molecular flexibility index (Phi) is 13.5. The first-order valence-electron chi connectivity index (χ1n) is 14.3. The maximum atomic E-state index is 7.62. The zero-order valence-corrected chi connectivity index (χ0v) is 33.4. The van der Waals surface area contributed by atoms with E-state index in [1.807, 2.05) is 0 Å². The summed E-state index contributed by atoms with van der Waals surface area (Å²) in [5.41, 5.74) is -0.349. The normalized spacial score (nSPS) is 22.2. The van der Waals surface area contributed by atoms with Crippen molar-refractivity contribution < 1.29 is 18.0 Å². The molecule has 0 heterocycles.